The van der Waals surface area contributed by atoms with Gasteiger partial charge in [0, 0.05) is 28.7 Å². The predicted octanol–water partition coefficient (Wildman–Crippen LogP) is 3.67. The number of hydrogen-bond acceptors (Lipinski definition) is 4. The molecule has 1 aliphatic rings. The topological polar surface area (TPSA) is 63.7 Å². The Kier molecular flexibility index (Phi) is 5.41. The van der Waals surface area contributed by atoms with Crippen LogP contribution in [0.5, 0.6) is 0 Å². The predicted molar refractivity (Wildman–Crippen MR) is 102 cm³/mol. The molecule has 5 nitrogen and oxygen atoms in total. The highest BCUT2D eigenvalue weighted by molar-refractivity contribution is 6.33. The zero-order chi connectivity index (χ0) is 21.3. The lowest BCUT2D eigenvalue weighted by Crippen LogP contribution is -2.32. The number of ether oxygens (including phenoxy) is 1. The zero-order valence-corrected chi connectivity index (χ0v) is 15.7. The third-order valence-electron chi connectivity index (χ3n) is 4.68. The van der Waals surface area contributed by atoms with E-state index in [4.69, 9.17) is 4.74 Å². The zero-order valence-electron chi connectivity index (χ0n) is 15.7. The van der Waals surface area contributed by atoms with Gasteiger partial charge >= 0.3 is 5.97 Å². The summed E-state index contributed by atoms with van der Waals surface area (Å²) in [5, 5.41) is 0. The summed E-state index contributed by atoms with van der Waals surface area (Å²) in [6.45, 7) is 5.18. The van der Waals surface area contributed by atoms with Crippen LogP contribution in [0.4, 0.5) is 14.5 Å². The lowest BCUT2D eigenvalue weighted by molar-refractivity contribution is -0.136. The van der Waals surface area contributed by atoms with Crippen LogP contribution in [0.2, 0.25) is 0 Å². The minimum absolute atomic E-state index is 0.00118. The fourth-order valence-electron chi connectivity index (χ4n) is 3.34. The van der Waals surface area contributed by atoms with E-state index in [9.17, 15) is 23.2 Å². The largest absolute Gasteiger partial charge is 0.466 e. The second-order valence-electron chi connectivity index (χ2n) is 6.47. The maximum absolute atomic E-state index is 13.7. The lowest BCUT2D eigenvalue weighted by atomic mass is 9.83. The molecule has 148 valence electrons. The average Bonchev–Trinajstić information content (AvgIpc) is 2.91. The number of halogens is 2. The van der Waals surface area contributed by atoms with Crippen LogP contribution in [0.1, 0.15) is 18.4 Å². The van der Waals surface area contributed by atoms with Crippen LogP contribution in [-0.4, -0.2) is 24.9 Å². The molecule has 2 amide bonds. The maximum Gasteiger partial charge on any atom is 0.334 e. The molecular weight excluding hydrogens is 380 g/mol. The van der Waals surface area contributed by atoms with Crippen LogP contribution in [0.25, 0.3) is 0 Å². The normalized spacial score (nSPS) is 15.0. The summed E-state index contributed by atoms with van der Waals surface area (Å²) < 4.78 is 32.1. The molecule has 1 atom stereocenters. The monoisotopic (exact) mass is 397 g/mol. The molecule has 0 unspecified atom stereocenters. The molecule has 0 N–H and O–H groups in total. The summed E-state index contributed by atoms with van der Waals surface area (Å²) in [5.74, 6) is -5.06. The van der Waals surface area contributed by atoms with Crippen LogP contribution < -0.4 is 4.90 Å². The number of amides is 2. The summed E-state index contributed by atoms with van der Waals surface area (Å²) in [7, 11) is 1.18. The smallest absolute Gasteiger partial charge is 0.334 e. The summed E-state index contributed by atoms with van der Waals surface area (Å²) >= 11 is 0. The van der Waals surface area contributed by atoms with E-state index in [0.717, 1.165) is 12.1 Å². The Hall–Kier alpha value is -3.61. The van der Waals surface area contributed by atoms with E-state index in [0.29, 0.717) is 16.5 Å². The molecule has 0 saturated carbocycles. The van der Waals surface area contributed by atoms with Gasteiger partial charge in [0.15, 0.2) is 0 Å². The molecule has 29 heavy (non-hydrogen) atoms. The van der Waals surface area contributed by atoms with Gasteiger partial charge in [-0.25, -0.2) is 18.5 Å². The molecule has 2 aromatic carbocycles. The SMILES string of the molecule is C=C(C(=O)OC)[C@@H](C1=C(C)C(=O)N(c2cc(F)cc(F)c2)C1=O)c1ccccc1. The lowest BCUT2D eigenvalue weighted by Gasteiger charge is -2.21. The Bertz CT molecular complexity index is 1040. The minimum Gasteiger partial charge on any atom is -0.466 e. The molecular formula is C22H17F2NO4. The second kappa shape index (κ2) is 7.79. The number of methoxy groups -OCH3 is 1. The second-order valence-corrected chi connectivity index (χ2v) is 6.47. The van der Waals surface area contributed by atoms with E-state index in [1.807, 2.05) is 0 Å². The molecule has 0 spiro atoms. The van der Waals surface area contributed by atoms with Crippen molar-refractivity contribution in [2.45, 2.75) is 12.8 Å². The van der Waals surface area contributed by atoms with Crippen molar-refractivity contribution in [2.24, 2.45) is 0 Å². The Morgan fingerprint density at radius 2 is 1.62 bits per heavy atom. The van der Waals surface area contributed by atoms with Crippen LogP contribution in [0.15, 0.2) is 71.8 Å². The van der Waals surface area contributed by atoms with E-state index in [1.54, 1.807) is 30.3 Å². The summed E-state index contributed by atoms with van der Waals surface area (Å²) in [4.78, 5) is 38.8. The first kappa shape index (κ1) is 20.1. The van der Waals surface area contributed by atoms with E-state index in [2.05, 4.69) is 6.58 Å². The molecule has 0 aromatic heterocycles. The van der Waals surface area contributed by atoms with Crippen molar-refractivity contribution in [3.63, 3.8) is 0 Å². The Morgan fingerprint density at radius 1 is 1.03 bits per heavy atom. The Balaban J connectivity index is 2.13. The summed E-state index contributed by atoms with van der Waals surface area (Å²) in [6.07, 6.45) is 0. The number of carbonyl (C=O) groups is 3. The van der Waals surface area contributed by atoms with E-state index < -0.39 is 35.3 Å². The van der Waals surface area contributed by atoms with Crippen molar-refractivity contribution >= 4 is 23.5 Å². The van der Waals surface area contributed by atoms with Gasteiger partial charge in [0.2, 0.25) is 0 Å². The van der Waals surface area contributed by atoms with Gasteiger partial charge in [-0.2, -0.15) is 0 Å². The fourth-order valence-corrected chi connectivity index (χ4v) is 3.34. The highest BCUT2D eigenvalue weighted by Gasteiger charge is 2.43. The van der Waals surface area contributed by atoms with Crippen LogP contribution in [0.3, 0.4) is 0 Å². The standard InChI is InChI=1S/C22H17F2NO4/c1-12-19(18(13(2)22(28)29-3)14-7-5-4-6-8-14)21(27)25(20(12)26)17-10-15(23)9-16(24)11-17/h4-11,18H,2H2,1,3H3/t18-/m1/s1. The molecule has 1 aliphatic heterocycles. The van der Waals surface area contributed by atoms with Gasteiger partial charge in [-0.3, -0.25) is 9.59 Å². The molecule has 7 heteroatoms. The maximum atomic E-state index is 13.7. The molecule has 0 fully saturated rings. The molecule has 1 heterocycles. The molecule has 0 saturated heterocycles. The molecule has 0 aliphatic carbocycles. The average molecular weight is 397 g/mol. The fraction of sp³-hybridized carbons (Fsp3) is 0.136. The van der Waals surface area contributed by atoms with Gasteiger partial charge in [-0.1, -0.05) is 36.9 Å². The molecule has 3 rings (SSSR count). The van der Waals surface area contributed by atoms with Gasteiger partial charge < -0.3 is 4.74 Å². The molecule has 0 radical (unpaired) electrons. The minimum atomic E-state index is -0.955. The van der Waals surface area contributed by atoms with Crippen molar-refractivity contribution in [3.8, 4) is 0 Å². The van der Waals surface area contributed by atoms with E-state index in [1.165, 1.54) is 14.0 Å². The first-order chi connectivity index (χ1) is 13.8. The van der Waals surface area contributed by atoms with Crippen LogP contribution in [-0.2, 0) is 19.1 Å². The van der Waals surface area contributed by atoms with Crippen LogP contribution >= 0.6 is 0 Å². The molecule has 2 aromatic rings. The first-order valence-electron chi connectivity index (χ1n) is 8.64. The van der Waals surface area contributed by atoms with E-state index >= 15 is 0 Å². The van der Waals surface area contributed by atoms with Crippen molar-refractivity contribution in [1.82, 2.24) is 0 Å². The van der Waals surface area contributed by atoms with Crippen molar-refractivity contribution < 1.29 is 27.9 Å². The third-order valence-corrected chi connectivity index (χ3v) is 4.68. The van der Waals surface area contributed by atoms with Gasteiger partial charge in [0.25, 0.3) is 11.8 Å². The Labute approximate surface area is 165 Å². The number of hydrogen-bond donors (Lipinski definition) is 0. The highest BCUT2D eigenvalue weighted by Crippen LogP contribution is 2.39. The van der Waals surface area contributed by atoms with Crippen molar-refractivity contribution in [2.75, 3.05) is 12.0 Å². The number of imide groups is 1. The van der Waals surface area contributed by atoms with Crippen LogP contribution in [0, 0.1) is 11.6 Å². The van der Waals surface area contributed by atoms with Crippen molar-refractivity contribution in [1.29, 1.82) is 0 Å². The number of anilines is 1. The first-order valence-corrected chi connectivity index (χ1v) is 8.64. The number of rotatable bonds is 5. The third kappa shape index (κ3) is 3.59. The van der Waals surface area contributed by atoms with E-state index in [-0.39, 0.29) is 22.4 Å². The van der Waals surface area contributed by atoms with Gasteiger partial charge in [0.05, 0.1) is 12.8 Å². The molecule has 0 bridgehead atoms. The number of nitrogens with zero attached hydrogens (tertiary/aromatic N) is 1. The summed E-state index contributed by atoms with van der Waals surface area (Å²) in [5.41, 5.74) is 0.328. The number of benzene rings is 2. The number of esters is 1. The van der Waals surface area contributed by atoms with Gasteiger partial charge in [0.1, 0.15) is 11.6 Å². The Morgan fingerprint density at radius 3 is 2.17 bits per heavy atom. The summed E-state index contributed by atoms with van der Waals surface area (Å²) in [6, 6.07) is 11.0. The van der Waals surface area contributed by atoms with Gasteiger partial charge in [-0.05, 0) is 24.6 Å². The number of carbonyl (C=O) groups excluding carboxylic acids is 3. The van der Waals surface area contributed by atoms with Gasteiger partial charge in [-0.15, -0.1) is 0 Å². The van der Waals surface area contributed by atoms with Crippen molar-refractivity contribution in [3.05, 3.63) is 89.0 Å². The highest BCUT2D eigenvalue weighted by atomic mass is 19.1. The quantitative estimate of drug-likeness (QED) is 0.439.